The summed E-state index contributed by atoms with van der Waals surface area (Å²) < 4.78 is 6.11. The predicted octanol–water partition coefficient (Wildman–Crippen LogP) is 4.86. The molecule has 5 rings (SSSR count). The Bertz CT molecular complexity index is 1210. The first-order valence-corrected chi connectivity index (χ1v) is 11.5. The average molecular weight is 439 g/mol. The minimum absolute atomic E-state index is 0.0132. The van der Waals surface area contributed by atoms with E-state index in [9.17, 15) is 0 Å². The number of anilines is 1. The Morgan fingerprint density at radius 3 is 2.58 bits per heavy atom. The molecule has 1 fully saturated rings. The van der Waals surface area contributed by atoms with E-state index < -0.39 is 0 Å². The van der Waals surface area contributed by atoms with E-state index in [0.29, 0.717) is 6.61 Å². The van der Waals surface area contributed by atoms with Crippen molar-refractivity contribution in [3.05, 3.63) is 101 Å². The fourth-order valence-electron chi connectivity index (χ4n) is 4.48. The fourth-order valence-corrected chi connectivity index (χ4v) is 4.48. The Hall–Kier alpha value is -3.28. The normalized spacial score (nSPS) is 16.7. The zero-order valence-electron chi connectivity index (χ0n) is 19.3. The highest BCUT2D eigenvalue weighted by Crippen LogP contribution is 2.27. The molecule has 2 aromatic heterocycles. The van der Waals surface area contributed by atoms with Crippen molar-refractivity contribution in [2.75, 3.05) is 38.7 Å². The predicted molar refractivity (Wildman–Crippen MR) is 134 cm³/mol. The van der Waals surface area contributed by atoms with Gasteiger partial charge in [-0.25, -0.2) is 4.98 Å². The summed E-state index contributed by atoms with van der Waals surface area (Å²) in [5.74, 6) is 1.03. The lowest BCUT2D eigenvalue weighted by Crippen LogP contribution is -2.38. The maximum Gasteiger partial charge on any atom is 0.133 e. The van der Waals surface area contributed by atoms with Crippen LogP contribution in [0.2, 0.25) is 0 Å². The van der Waals surface area contributed by atoms with Gasteiger partial charge >= 0.3 is 0 Å². The van der Waals surface area contributed by atoms with Crippen molar-refractivity contribution >= 4 is 16.7 Å². The van der Waals surface area contributed by atoms with Crippen molar-refractivity contribution in [3.63, 3.8) is 0 Å². The largest absolute Gasteiger partial charge is 0.369 e. The number of ether oxygens (including phenoxy) is 1. The lowest BCUT2D eigenvalue weighted by Gasteiger charge is -2.33. The van der Waals surface area contributed by atoms with Gasteiger partial charge in [-0.3, -0.25) is 9.88 Å². The van der Waals surface area contributed by atoms with Crippen molar-refractivity contribution in [2.24, 2.45) is 0 Å². The van der Waals surface area contributed by atoms with Gasteiger partial charge in [-0.2, -0.15) is 0 Å². The van der Waals surface area contributed by atoms with Crippen LogP contribution in [0.4, 0.5) is 5.82 Å². The summed E-state index contributed by atoms with van der Waals surface area (Å²) in [6.45, 7) is 3.28. The van der Waals surface area contributed by atoms with Gasteiger partial charge in [-0.1, -0.05) is 54.6 Å². The van der Waals surface area contributed by atoms with Crippen LogP contribution in [0.3, 0.4) is 0 Å². The first kappa shape index (κ1) is 21.6. The van der Waals surface area contributed by atoms with E-state index in [0.717, 1.165) is 43.1 Å². The van der Waals surface area contributed by atoms with Gasteiger partial charge in [0.2, 0.25) is 0 Å². The zero-order chi connectivity index (χ0) is 22.6. The molecule has 33 heavy (non-hydrogen) atoms. The van der Waals surface area contributed by atoms with Crippen molar-refractivity contribution in [1.29, 1.82) is 0 Å². The first-order valence-electron chi connectivity index (χ1n) is 11.5. The molecule has 0 unspecified atom stereocenters. The summed E-state index contributed by atoms with van der Waals surface area (Å²) in [5, 5.41) is 1.18. The number of hydrogen-bond donors (Lipinski definition) is 0. The number of nitrogens with zero attached hydrogens (tertiary/aromatic N) is 4. The van der Waals surface area contributed by atoms with E-state index in [4.69, 9.17) is 14.7 Å². The molecule has 2 aromatic carbocycles. The second kappa shape index (κ2) is 9.69. The van der Waals surface area contributed by atoms with Crippen LogP contribution in [0.5, 0.6) is 0 Å². The van der Waals surface area contributed by atoms with Gasteiger partial charge < -0.3 is 9.64 Å². The summed E-state index contributed by atoms with van der Waals surface area (Å²) in [4.78, 5) is 14.2. The average Bonchev–Trinajstić information content (AvgIpc) is 2.85. The first-order chi connectivity index (χ1) is 16.2. The number of pyridine rings is 2. The van der Waals surface area contributed by atoms with Gasteiger partial charge in [0.1, 0.15) is 11.9 Å². The van der Waals surface area contributed by atoms with E-state index in [2.05, 4.69) is 84.6 Å². The molecule has 0 saturated carbocycles. The Labute approximate surface area is 195 Å². The number of benzene rings is 2. The third kappa shape index (κ3) is 5.05. The number of hydrogen-bond acceptors (Lipinski definition) is 5. The van der Waals surface area contributed by atoms with Crippen LogP contribution in [0.1, 0.15) is 28.5 Å². The summed E-state index contributed by atoms with van der Waals surface area (Å²) in [7, 11) is 4.12. The van der Waals surface area contributed by atoms with Gasteiger partial charge in [0.05, 0.1) is 17.8 Å². The number of morpholine rings is 1. The van der Waals surface area contributed by atoms with E-state index in [1.54, 1.807) is 0 Å². The molecule has 0 N–H and O–H groups in total. The van der Waals surface area contributed by atoms with Crippen LogP contribution in [0, 0.1) is 0 Å². The maximum atomic E-state index is 6.11. The zero-order valence-corrected chi connectivity index (χ0v) is 19.3. The van der Waals surface area contributed by atoms with Gasteiger partial charge in [0, 0.05) is 50.9 Å². The van der Waals surface area contributed by atoms with Gasteiger partial charge in [-0.15, -0.1) is 0 Å². The molecule has 5 heteroatoms. The second-order valence-corrected chi connectivity index (χ2v) is 8.91. The Morgan fingerprint density at radius 2 is 1.79 bits per heavy atom. The third-order valence-corrected chi connectivity index (χ3v) is 6.18. The van der Waals surface area contributed by atoms with Gasteiger partial charge in [0.15, 0.2) is 0 Å². The fraction of sp³-hybridized carbons (Fsp3) is 0.286. The molecule has 1 aliphatic heterocycles. The van der Waals surface area contributed by atoms with Crippen LogP contribution in [-0.4, -0.2) is 48.7 Å². The Kier molecular flexibility index (Phi) is 6.33. The molecule has 3 heterocycles. The molecule has 0 bridgehead atoms. The molecule has 0 spiro atoms. The summed E-state index contributed by atoms with van der Waals surface area (Å²) in [5.41, 5.74) is 5.79. The molecular weight excluding hydrogens is 408 g/mol. The van der Waals surface area contributed by atoms with Crippen LogP contribution in [0.15, 0.2) is 79.0 Å². The Balaban J connectivity index is 1.30. The smallest absolute Gasteiger partial charge is 0.133 e. The molecule has 0 radical (unpaired) electrons. The monoisotopic (exact) mass is 438 g/mol. The summed E-state index contributed by atoms with van der Waals surface area (Å²) in [6.07, 6.45) is 2.87. The molecular formula is C28H30N4O. The molecule has 0 amide bonds. The van der Waals surface area contributed by atoms with E-state index >= 15 is 0 Å². The maximum absolute atomic E-state index is 6.11. The van der Waals surface area contributed by atoms with Crippen molar-refractivity contribution < 1.29 is 4.74 Å². The molecule has 0 aliphatic carbocycles. The SMILES string of the molecule is CN(C)c1nc2ccccc2cc1CN1CCO[C@@H](c2ccc(Cc3ccccc3)cn2)C1. The van der Waals surface area contributed by atoms with Crippen LogP contribution in [-0.2, 0) is 17.7 Å². The number of para-hydroxylation sites is 1. The van der Waals surface area contributed by atoms with Gasteiger partial charge in [0.25, 0.3) is 0 Å². The molecule has 1 aliphatic rings. The minimum atomic E-state index is -0.0132. The quantitative estimate of drug-likeness (QED) is 0.430. The highest BCUT2D eigenvalue weighted by molar-refractivity contribution is 5.81. The molecule has 168 valence electrons. The number of aromatic nitrogens is 2. The number of rotatable bonds is 6. The van der Waals surface area contributed by atoms with Gasteiger partial charge in [-0.05, 0) is 35.7 Å². The highest BCUT2D eigenvalue weighted by atomic mass is 16.5. The highest BCUT2D eigenvalue weighted by Gasteiger charge is 2.24. The van der Waals surface area contributed by atoms with Crippen LogP contribution >= 0.6 is 0 Å². The van der Waals surface area contributed by atoms with Crippen molar-refractivity contribution in [1.82, 2.24) is 14.9 Å². The van der Waals surface area contributed by atoms with Crippen molar-refractivity contribution in [2.45, 2.75) is 19.1 Å². The third-order valence-electron chi connectivity index (χ3n) is 6.18. The topological polar surface area (TPSA) is 41.5 Å². The second-order valence-electron chi connectivity index (χ2n) is 8.91. The van der Waals surface area contributed by atoms with E-state index in [1.165, 1.54) is 22.1 Å². The Morgan fingerprint density at radius 1 is 0.970 bits per heavy atom. The lowest BCUT2D eigenvalue weighted by atomic mass is 10.1. The standard InChI is InChI=1S/C28H30N4O/c1-31(2)28-24(17-23-10-6-7-11-25(23)30-28)19-32-14-15-33-27(20-32)26-13-12-22(18-29-26)16-21-8-4-3-5-9-21/h3-13,17-18,27H,14-16,19-20H2,1-2H3/t27-/m1/s1. The molecule has 5 nitrogen and oxygen atoms in total. The lowest BCUT2D eigenvalue weighted by molar-refractivity contribution is -0.0349. The van der Waals surface area contributed by atoms with Crippen LogP contribution in [0.25, 0.3) is 10.9 Å². The summed E-state index contributed by atoms with van der Waals surface area (Å²) in [6, 6.07) is 25.4. The van der Waals surface area contributed by atoms with Crippen LogP contribution < -0.4 is 4.90 Å². The molecule has 4 aromatic rings. The van der Waals surface area contributed by atoms with E-state index in [-0.39, 0.29) is 6.10 Å². The number of fused-ring (bicyclic) bond motifs is 1. The molecule has 1 saturated heterocycles. The van der Waals surface area contributed by atoms with Crippen molar-refractivity contribution in [3.8, 4) is 0 Å². The minimum Gasteiger partial charge on any atom is -0.369 e. The summed E-state index contributed by atoms with van der Waals surface area (Å²) >= 11 is 0. The molecule has 1 atom stereocenters. The van der Waals surface area contributed by atoms with E-state index in [1.807, 2.05) is 18.3 Å².